The standard InChI is InChI=1S/C17H33N3O3/c1-14(21)20(12-11-18(5)6)13-15-7-9-19(10-8-15)16(22)23-17(2,3)4/h15H,7-13H2,1-6H3. The predicted octanol–water partition coefficient (Wildman–Crippen LogP) is 2.04. The van der Waals surface area contributed by atoms with Crippen molar-refractivity contribution < 1.29 is 14.3 Å². The van der Waals surface area contributed by atoms with Crippen LogP contribution in [-0.4, -0.2) is 79.1 Å². The third-order valence-corrected chi connectivity index (χ3v) is 4.01. The fourth-order valence-corrected chi connectivity index (χ4v) is 2.63. The molecule has 1 aliphatic rings. The van der Waals surface area contributed by atoms with Crippen molar-refractivity contribution >= 4 is 12.0 Å². The SMILES string of the molecule is CC(=O)N(CCN(C)C)CC1CCN(C(=O)OC(C)(C)C)CC1. The van der Waals surface area contributed by atoms with Crippen molar-refractivity contribution in [1.82, 2.24) is 14.7 Å². The lowest BCUT2D eigenvalue weighted by atomic mass is 9.96. The van der Waals surface area contributed by atoms with Gasteiger partial charge in [0.25, 0.3) is 0 Å². The first-order chi connectivity index (χ1) is 10.6. The summed E-state index contributed by atoms with van der Waals surface area (Å²) in [5, 5.41) is 0. The van der Waals surface area contributed by atoms with Gasteiger partial charge in [0.2, 0.25) is 5.91 Å². The van der Waals surface area contributed by atoms with Crippen LogP contribution >= 0.6 is 0 Å². The Balaban J connectivity index is 2.42. The predicted molar refractivity (Wildman–Crippen MR) is 91.3 cm³/mol. The molecule has 1 fully saturated rings. The van der Waals surface area contributed by atoms with Gasteiger partial charge in [-0.15, -0.1) is 0 Å². The number of hydrogen-bond donors (Lipinski definition) is 0. The van der Waals surface area contributed by atoms with Gasteiger partial charge in [0.05, 0.1) is 0 Å². The maximum absolute atomic E-state index is 12.1. The molecule has 0 saturated carbocycles. The number of likely N-dealkylation sites (N-methyl/N-ethyl adjacent to an activating group) is 1. The first-order valence-electron chi connectivity index (χ1n) is 8.46. The molecule has 0 unspecified atom stereocenters. The summed E-state index contributed by atoms with van der Waals surface area (Å²) < 4.78 is 5.41. The van der Waals surface area contributed by atoms with Crippen LogP contribution < -0.4 is 0 Å². The van der Waals surface area contributed by atoms with Crippen LogP contribution in [0.2, 0.25) is 0 Å². The molecule has 0 aliphatic carbocycles. The van der Waals surface area contributed by atoms with Crippen LogP contribution in [0.1, 0.15) is 40.5 Å². The molecule has 0 atom stereocenters. The Morgan fingerprint density at radius 3 is 2.13 bits per heavy atom. The van der Waals surface area contributed by atoms with Crippen molar-refractivity contribution in [2.24, 2.45) is 5.92 Å². The maximum Gasteiger partial charge on any atom is 0.410 e. The molecule has 0 N–H and O–H groups in total. The second kappa shape index (κ2) is 8.52. The monoisotopic (exact) mass is 327 g/mol. The lowest BCUT2D eigenvalue weighted by Crippen LogP contribution is -2.45. The Bertz CT molecular complexity index is 396. The minimum absolute atomic E-state index is 0.126. The Kier molecular flexibility index (Phi) is 7.32. The minimum Gasteiger partial charge on any atom is -0.444 e. The number of carbonyl (C=O) groups excluding carboxylic acids is 2. The van der Waals surface area contributed by atoms with Crippen LogP contribution in [0.25, 0.3) is 0 Å². The maximum atomic E-state index is 12.1. The van der Waals surface area contributed by atoms with Crippen molar-refractivity contribution in [2.45, 2.75) is 46.1 Å². The molecule has 0 aromatic heterocycles. The summed E-state index contributed by atoms with van der Waals surface area (Å²) in [5.41, 5.74) is -0.453. The molecule has 23 heavy (non-hydrogen) atoms. The third kappa shape index (κ3) is 7.68. The highest BCUT2D eigenvalue weighted by molar-refractivity contribution is 5.73. The van der Waals surface area contributed by atoms with Crippen LogP contribution in [-0.2, 0) is 9.53 Å². The van der Waals surface area contributed by atoms with Crippen LogP contribution in [0.5, 0.6) is 0 Å². The molecule has 0 aromatic rings. The van der Waals surface area contributed by atoms with Gasteiger partial charge in [-0.25, -0.2) is 4.79 Å². The summed E-state index contributed by atoms with van der Waals surface area (Å²) >= 11 is 0. The molecule has 1 aliphatic heterocycles. The van der Waals surface area contributed by atoms with Crippen molar-refractivity contribution in [3.63, 3.8) is 0 Å². The molecule has 6 heteroatoms. The van der Waals surface area contributed by atoms with Crippen LogP contribution in [0.4, 0.5) is 4.79 Å². The third-order valence-electron chi connectivity index (χ3n) is 4.01. The zero-order valence-electron chi connectivity index (χ0n) is 15.6. The number of amides is 2. The number of nitrogens with zero attached hydrogens (tertiary/aromatic N) is 3. The van der Waals surface area contributed by atoms with E-state index in [0.717, 1.165) is 32.5 Å². The average molecular weight is 327 g/mol. The van der Waals surface area contributed by atoms with Crippen LogP contribution in [0.3, 0.4) is 0 Å². The van der Waals surface area contributed by atoms with E-state index in [1.165, 1.54) is 0 Å². The van der Waals surface area contributed by atoms with Crippen molar-refractivity contribution in [3.05, 3.63) is 0 Å². The minimum atomic E-state index is -0.453. The molecule has 1 rings (SSSR count). The first kappa shape index (κ1) is 19.7. The Morgan fingerprint density at radius 2 is 1.70 bits per heavy atom. The van der Waals surface area contributed by atoms with Crippen LogP contribution in [0, 0.1) is 5.92 Å². The van der Waals surface area contributed by atoms with E-state index in [1.807, 2.05) is 39.8 Å². The second-order valence-electron chi connectivity index (χ2n) is 7.68. The molecule has 0 radical (unpaired) electrons. The van der Waals surface area contributed by atoms with Gasteiger partial charge in [0, 0.05) is 39.6 Å². The summed E-state index contributed by atoms with van der Waals surface area (Å²) in [6.45, 7) is 11.1. The Morgan fingerprint density at radius 1 is 1.13 bits per heavy atom. The van der Waals surface area contributed by atoms with Gasteiger partial charge in [-0.3, -0.25) is 4.79 Å². The van der Waals surface area contributed by atoms with Crippen LogP contribution in [0.15, 0.2) is 0 Å². The van der Waals surface area contributed by atoms with E-state index < -0.39 is 5.60 Å². The summed E-state index contributed by atoms with van der Waals surface area (Å²) in [7, 11) is 4.02. The quantitative estimate of drug-likeness (QED) is 0.775. The summed E-state index contributed by atoms with van der Waals surface area (Å²) in [4.78, 5) is 29.6. The zero-order chi connectivity index (χ0) is 17.6. The van der Waals surface area contributed by atoms with Crippen molar-refractivity contribution in [1.29, 1.82) is 0 Å². The van der Waals surface area contributed by atoms with Gasteiger partial charge >= 0.3 is 6.09 Å². The van der Waals surface area contributed by atoms with Gasteiger partial charge in [0.15, 0.2) is 0 Å². The highest BCUT2D eigenvalue weighted by Crippen LogP contribution is 2.20. The number of likely N-dealkylation sites (tertiary alicyclic amines) is 1. The molecular formula is C17H33N3O3. The number of hydrogen-bond acceptors (Lipinski definition) is 4. The lowest BCUT2D eigenvalue weighted by Gasteiger charge is -2.35. The molecule has 0 bridgehead atoms. The van der Waals surface area contributed by atoms with E-state index in [1.54, 1.807) is 11.8 Å². The normalized spacial score (nSPS) is 16.6. The van der Waals surface area contributed by atoms with Gasteiger partial charge < -0.3 is 19.4 Å². The Labute approximate surface area is 140 Å². The topological polar surface area (TPSA) is 53.1 Å². The largest absolute Gasteiger partial charge is 0.444 e. The van der Waals surface area contributed by atoms with Gasteiger partial charge in [-0.1, -0.05) is 0 Å². The van der Waals surface area contributed by atoms with E-state index in [-0.39, 0.29) is 12.0 Å². The molecule has 1 heterocycles. The van der Waals surface area contributed by atoms with Gasteiger partial charge in [-0.05, 0) is 53.6 Å². The van der Waals surface area contributed by atoms with Gasteiger partial charge in [-0.2, -0.15) is 0 Å². The highest BCUT2D eigenvalue weighted by Gasteiger charge is 2.28. The Hall–Kier alpha value is -1.30. The summed E-state index contributed by atoms with van der Waals surface area (Å²) in [6.07, 6.45) is 1.61. The van der Waals surface area contributed by atoms with E-state index in [9.17, 15) is 9.59 Å². The molecule has 0 aromatic carbocycles. The molecule has 134 valence electrons. The zero-order valence-corrected chi connectivity index (χ0v) is 15.6. The van der Waals surface area contributed by atoms with E-state index in [0.29, 0.717) is 19.0 Å². The molecule has 1 saturated heterocycles. The molecule has 6 nitrogen and oxygen atoms in total. The lowest BCUT2D eigenvalue weighted by molar-refractivity contribution is -0.129. The second-order valence-corrected chi connectivity index (χ2v) is 7.68. The number of piperidine rings is 1. The molecule has 2 amide bonds. The summed E-state index contributed by atoms with van der Waals surface area (Å²) in [5.74, 6) is 0.584. The first-order valence-corrected chi connectivity index (χ1v) is 8.46. The molecule has 0 spiro atoms. The van der Waals surface area contributed by atoms with E-state index in [2.05, 4.69) is 4.90 Å². The number of carbonyl (C=O) groups is 2. The average Bonchev–Trinajstić information content (AvgIpc) is 2.41. The fraction of sp³-hybridized carbons (Fsp3) is 0.882. The fourth-order valence-electron chi connectivity index (χ4n) is 2.63. The molecular weight excluding hydrogens is 294 g/mol. The highest BCUT2D eigenvalue weighted by atomic mass is 16.6. The van der Waals surface area contributed by atoms with E-state index >= 15 is 0 Å². The summed E-state index contributed by atoms with van der Waals surface area (Å²) in [6, 6.07) is 0. The van der Waals surface area contributed by atoms with E-state index in [4.69, 9.17) is 4.74 Å². The number of ether oxygens (including phenoxy) is 1. The smallest absolute Gasteiger partial charge is 0.410 e. The van der Waals surface area contributed by atoms with Crippen molar-refractivity contribution in [2.75, 3.05) is 46.8 Å². The van der Waals surface area contributed by atoms with Gasteiger partial charge in [0.1, 0.15) is 5.60 Å². The number of rotatable bonds is 5. The van der Waals surface area contributed by atoms with Crippen molar-refractivity contribution in [3.8, 4) is 0 Å².